The lowest BCUT2D eigenvalue weighted by atomic mass is 9.90. The number of nitrogens with one attached hydrogen (secondary N) is 1. The molecule has 1 saturated heterocycles. The molecule has 0 radical (unpaired) electrons. The van der Waals surface area contributed by atoms with Crippen LogP contribution in [0.15, 0.2) is 54.6 Å². The van der Waals surface area contributed by atoms with E-state index in [2.05, 4.69) is 36.4 Å². The van der Waals surface area contributed by atoms with Gasteiger partial charge in [0.1, 0.15) is 25.0 Å². The minimum Gasteiger partial charge on any atom is -0.491 e. The molecule has 0 aliphatic carbocycles. The van der Waals surface area contributed by atoms with Gasteiger partial charge in [0, 0.05) is 0 Å². The minimum atomic E-state index is -0.466. The normalized spacial score (nSPS) is 20.9. The Labute approximate surface area is 155 Å². The maximum absolute atomic E-state index is 10.3. The van der Waals surface area contributed by atoms with Crippen molar-refractivity contribution < 1.29 is 14.7 Å². The lowest BCUT2D eigenvalue weighted by Gasteiger charge is -2.30. The van der Waals surface area contributed by atoms with Gasteiger partial charge in [-0.15, -0.1) is 0 Å². The van der Waals surface area contributed by atoms with Crippen LogP contribution in [0, 0.1) is 17.2 Å². The van der Waals surface area contributed by atoms with Gasteiger partial charge in [-0.25, -0.2) is 0 Å². The van der Waals surface area contributed by atoms with E-state index in [0.717, 1.165) is 25.6 Å². The highest BCUT2D eigenvalue weighted by molar-refractivity contribution is 5.34. The molecule has 136 valence electrons. The van der Waals surface area contributed by atoms with E-state index in [1.807, 2.05) is 0 Å². The van der Waals surface area contributed by atoms with Crippen LogP contribution in [0.3, 0.4) is 0 Å². The van der Waals surface area contributed by atoms with Crippen LogP contribution in [-0.2, 0) is 6.42 Å². The monoisotopic (exact) mass is 351 g/mol. The average molecular weight is 351 g/mol. The molecule has 1 atom stereocenters. The van der Waals surface area contributed by atoms with Crippen LogP contribution in [0.4, 0.5) is 0 Å². The van der Waals surface area contributed by atoms with Crippen molar-refractivity contribution in [3.63, 3.8) is 0 Å². The zero-order chi connectivity index (χ0) is 18.2. The molecule has 2 aromatic rings. The number of nitriles is 1. The molecule has 0 amide bonds. The van der Waals surface area contributed by atoms with Gasteiger partial charge in [-0.1, -0.05) is 30.3 Å². The first-order chi connectivity index (χ1) is 12.7. The van der Waals surface area contributed by atoms with Gasteiger partial charge in [-0.2, -0.15) is 5.26 Å². The van der Waals surface area contributed by atoms with Crippen LogP contribution in [0.1, 0.15) is 24.0 Å². The van der Waals surface area contributed by atoms with Crippen LogP contribution >= 0.6 is 0 Å². The first-order valence-corrected chi connectivity index (χ1v) is 9.41. The number of likely N-dealkylation sites (tertiary alicyclic amines) is 1. The molecule has 4 heteroatoms. The number of piperidine rings is 1. The second kappa shape index (κ2) is 9.38. The number of benzene rings is 2. The molecule has 1 heterocycles. The summed E-state index contributed by atoms with van der Waals surface area (Å²) in [6, 6.07) is 19.8. The van der Waals surface area contributed by atoms with E-state index in [1.165, 1.54) is 29.7 Å². The van der Waals surface area contributed by atoms with E-state index in [-0.39, 0.29) is 0 Å². The van der Waals surface area contributed by atoms with Crippen molar-refractivity contribution in [3.8, 4) is 11.8 Å². The fraction of sp³-hybridized carbons (Fsp3) is 0.409. The predicted octanol–water partition coefficient (Wildman–Crippen LogP) is 1.84. The maximum atomic E-state index is 10.3. The molecule has 0 spiro atoms. The van der Waals surface area contributed by atoms with Crippen LogP contribution in [0.2, 0.25) is 0 Å². The van der Waals surface area contributed by atoms with Gasteiger partial charge in [0.05, 0.1) is 24.7 Å². The Balaban J connectivity index is 1.36. The summed E-state index contributed by atoms with van der Waals surface area (Å²) >= 11 is 0. The Morgan fingerprint density at radius 2 is 1.77 bits per heavy atom. The summed E-state index contributed by atoms with van der Waals surface area (Å²) in [7, 11) is 0. The summed E-state index contributed by atoms with van der Waals surface area (Å²) in [5.74, 6) is 1.45. The van der Waals surface area contributed by atoms with Crippen LogP contribution in [0.25, 0.3) is 0 Å². The SMILES string of the molecule is N#Cc1ccc(OC[C@@H](O)C[NH+]2CCC(Cc3ccccc3)CC2)cc1. The van der Waals surface area contributed by atoms with E-state index in [0.29, 0.717) is 17.9 Å². The minimum absolute atomic E-state index is 0.294. The number of nitrogens with zero attached hydrogens (tertiary/aromatic N) is 1. The quantitative estimate of drug-likeness (QED) is 0.800. The second-order valence-corrected chi connectivity index (χ2v) is 7.19. The van der Waals surface area contributed by atoms with Gasteiger partial charge in [-0.3, -0.25) is 0 Å². The second-order valence-electron chi connectivity index (χ2n) is 7.19. The summed E-state index contributed by atoms with van der Waals surface area (Å²) in [6.45, 7) is 3.26. The van der Waals surface area contributed by atoms with Gasteiger partial charge >= 0.3 is 0 Å². The summed E-state index contributed by atoms with van der Waals surface area (Å²) in [4.78, 5) is 1.46. The van der Waals surface area contributed by atoms with E-state index < -0.39 is 6.10 Å². The van der Waals surface area contributed by atoms with Gasteiger partial charge in [0.2, 0.25) is 0 Å². The molecule has 1 aliphatic rings. The Morgan fingerprint density at radius 1 is 1.08 bits per heavy atom. The molecule has 2 N–H and O–H groups in total. The Hall–Kier alpha value is -2.35. The number of quaternary nitrogens is 1. The van der Waals surface area contributed by atoms with Gasteiger partial charge < -0.3 is 14.7 Å². The van der Waals surface area contributed by atoms with E-state index in [4.69, 9.17) is 10.00 Å². The molecule has 26 heavy (non-hydrogen) atoms. The third-order valence-corrected chi connectivity index (χ3v) is 5.13. The average Bonchev–Trinajstić information content (AvgIpc) is 2.69. The highest BCUT2D eigenvalue weighted by Crippen LogP contribution is 2.16. The Bertz CT molecular complexity index is 701. The summed E-state index contributed by atoms with van der Waals surface area (Å²) in [6.07, 6.45) is 3.13. The first kappa shape index (κ1) is 18.4. The number of rotatable bonds is 7. The number of hydrogen-bond acceptors (Lipinski definition) is 3. The highest BCUT2D eigenvalue weighted by atomic mass is 16.5. The van der Waals surface area contributed by atoms with Crippen molar-refractivity contribution in [1.82, 2.24) is 0 Å². The van der Waals surface area contributed by atoms with E-state index >= 15 is 0 Å². The van der Waals surface area contributed by atoms with Crippen molar-refractivity contribution in [1.29, 1.82) is 5.26 Å². The van der Waals surface area contributed by atoms with Gasteiger partial charge in [-0.05, 0) is 55.0 Å². The first-order valence-electron chi connectivity index (χ1n) is 9.41. The van der Waals surface area contributed by atoms with E-state index in [1.54, 1.807) is 24.3 Å². The Morgan fingerprint density at radius 3 is 2.42 bits per heavy atom. The summed E-state index contributed by atoms with van der Waals surface area (Å²) in [5.41, 5.74) is 2.04. The summed E-state index contributed by atoms with van der Waals surface area (Å²) < 4.78 is 5.64. The largest absolute Gasteiger partial charge is 0.491 e. The molecular weight excluding hydrogens is 324 g/mol. The van der Waals surface area contributed by atoms with E-state index in [9.17, 15) is 5.11 Å². The molecule has 0 unspecified atom stereocenters. The van der Waals surface area contributed by atoms with Crippen molar-refractivity contribution in [2.45, 2.75) is 25.4 Å². The topological polar surface area (TPSA) is 57.7 Å². The standard InChI is InChI=1S/C22H26N2O2/c23-15-20-6-8-22(9-7-20)26-17-21(25)16-24-12-10-19(11-13-24)14-18-4-2-1-3-5-18/h1-9,19,21,25H,10-14,16-17H2/p+1/t21-/m0/s1. The molecule has 3 rings (SSSR count). The summed E-state index contributed by atoms with van der Waals surface area (Å²) in [5, 5.41) is 19.1. The number of hydrogen-bond donors (Lipinski definition) is 2. The third kappa shape index (κ3) is 5.59. The number of ether oxygens (including phenoxy) is 1. The molecular formula is C22H27N2O2+. The van der Waals surface area contributed by atoms with Crippen molar-refractivity contribution in [2.75, 3.05) is 26.2 Å². The van der Waals surface area contributed by atoms with Crippen molar-refractivity contribution >= 4 is 0 Å². The highest BCUT2D eigenvalue weighted by Gasteiger charge is 2.24. The Kier molecular flexibility index (Phi) is 6.65. The molecule has 2 aromatic carbocycles. The predicted molar refractivity (Wildman–Crippen MR) is 101 cm³/mol. The van der Waals surface area contributed by atoms with Crippen LogP contribution in [-0.4, -0.2) is 37.5 Å². The van der Waals surface area contributed by atoms with Crippen molar-refractivity contribution in [3.05, 3.63) is 65.7 Å². The molecule has 4 nitrogen and oxygen atoms in total. The van der Waals surface area contributed by atoms with Crippen LogP contribution in [0.5, 0.6) is 5.75 Å². The molecule has 0 aromatic heterocycles. The zero-order valence-electron chi connectivity index (χ0n) is 15.1. The van der Waals surface area contributed by atoms with Crippen LogP contribution < -0.4 is 9.64 Å². The van der Waals surface area contributed by atoms with Gasteiger partial charge in [0.25, 0.3) is 0 Å². The third-order valence-electron chi connectivity index (χ3n) is 5.13. The fourth-order valence-corrected chi connectivity index (χ4v) is 3.65. The molecule has 1 fully saturated rings. The smallest absolute Gasteiger partial charge is 0.137 e. The molecule has 0 bridgehead atoms. The number of aliphatic hydroxyl groups is 1. The number of aliphatic hydroxyl groups excluding tert-OH is 1. The van der Waals surface area contributed by atoms with Gasteiger partial charge in [0.15, 0.2) is 0 Å². The fourth-order valence-electron chi connectivity index (χ4n) is 3.65. The lowest BCUT2D eigenvalue weighted by molar-refractivity contribution is -0.909. The van der Waals surface area contributed by atoms with Crippen molar-refractivity contribution in [2.24, 2.45) is 5.92 Å². The molecule has 0 saturated carbocycles. The zero-order valence-corrected chi connectivity index (χ0v) is 15.1. The maximum Gasteiger partial charge on any atom is 0.137 e. The lowest BCUT2D eigenvalue weighted by Crippen LogP contribution is -3.14. The molecule has 1 aliphatic heterocycles.